The predicted octanol–water partition coefficient (Wildman–Crippen LogP) is 1.90. The number of hydrogen-bond donors (Lipinski definition) is 2. The molecule has 0 radical (unpaired) electrons. The van der Waals surface area contributed by atoms with Crippen LogP contribution < -0.4 is 10.0 Å². The van der Waals surface area contributed by atoms with Crippen LogP contribution in [0.5, 0.6) is 0 Å². The number of nitrogens with one attached hydrogen (secondary N) is 2. The summed E-state index contributed by atoms with van der Waals surface area (Å²) in [5.74, 6) is 0. The smallest absolute Gasteiger partial charge is 0.281 e. The van der Waals surface area contributed by atoms with Crippen molar-refractivity contribution < 1.29 is 8.42 Å². The molecule has 1 saturated carbocycles. The van der Waals surface area contributed by atoms with E-state index in [0.29, 0.717) is 11.2 Å². The summed E-state index contributed by atoms with van der Waals surface area (Å²) in [5, 5.41) is 3.72. The summed E-state index contributed by atoms with van der Waals surface area (Å²) in [6.45, 7) is 2.59. The molecule has 0 amide bonds. The summed E-state index contributed by atoms with van der Waals surface area (Å²) >= 11 is 1.29. The van der Waals surface area contributed by atoms with Crippen LogP contribution in [-0.4, -0.2) is 24.4 Å². The van der Waals surface area contributed by atoms with Crippen molar-refractivity contribution in [3.63, 3.8) is 0 Å². The van der Waals surface area contributed by atoms with E-state index < -0.39 is 10.0 Å². The Bertz CT molecular complexity index is 721. The van der Waals surface area contributed by atoms with Gasteiger partial charge in [0.1, 0.15) is 0 Å². The van der Waals surface area contributed by atoms with E-state index in [2.05, 4.69) is 20.0 Å². The second kappa shape index (κ2) is 5.70. The minimum absolute atomic E-state index is 0.00512. The number of hydrogen-bond acceptors (Lipinski definition) is 6. The Morgan fingerprint density at radius 2 is 2.10 bits per heavy atom. The van der Waals surface area contributed by atoms with Crippen LogP contribution in [0.3, 0.4) is 0 Å². The Morgan fingerprint density at radius 3 is 2.67 bits per heavy atom. The minimum atomic E-state index is -3.67. The highest BCUT2D eigenvalue weighted by atomic mass is 32.2. The largest absolute Gasteiger partial charge is 0.310 e. The molecule has 0 atom stereocenters. The molecule has 112 valence electrons. The fourth-order valence-corrected chi connectivity index (χ4v) is 3.63. The highest BCUT2D eigenvalue weighted by Gasteiger charge is 2.20. The number of rotatable bonds is 6. The highest BCUT2D eigenvalue weighted by Crippen LogP contribution is 2.21. The van der Waals surface area contributed by atoms with Crippen molar-refractivity contribution in [1.29, 1.82) is 0 Å². The first-order valence-electron chi connectivity index (χ1n) is 6.66. The third kappa shape index (κ3) is 3.78. The number of anilines is 1. The second-order valence-electron chi connectivity index (χ2n) is 5.04. The maximum Gasteiger partial charge on any atom is 0.281 e. The van der Waals surface area contributed by atoms with Crippen LogP contribution in [0.1, 0.15) is 23.3 Å². The van der Waals surface area contributed by atoms with Crippen molar-refractivity contribution in [2.45, 2.75) is 37.4 Å². The molecule has 3 rings (SSSR count). The van der Waals surface area contributed by atoms with Crippen molar-refractivity contribution in [3.05, 3.63) is 35.0 Å². The molecule has 1 aliphatic carbocycles. The molecule has 0 unspecified atom stereocenters. The molecule has 2 N–H and O–H groups in total. The quantitative estimate of drug-likeness (QED) is 0.848. The van der Waals surface area contributed by atoms with Crippen LogP contribution in [0.2, 0.25) is 0 Å². The van der Waals surface area contributed by atoms with Crippen molar-refractivity contribution in [2.75, 3.05) is 4.72 Å². The minimum Gasteiger partial charge on any atom is -0.310 e. The zero-order valence-electron chi connectivity index (χ0n) is 11.5. The molecule has 2 aromatic rings. The van der Waals surface area contributed by atoms with E-state index in [1.165, 1.54) is 30.2 Å². The normalized spacial score (nSPS) is 15.1. The number of thiazole rings is 1. The van der Waals surface area contributed by atoms with Gasteiger partial charge in [-0.1, -0.05) is 6.07 Å². The lowest BCUT2D eigenvalue weighted by Gasteiger charge is -2.06. The predicted molar refractivity (Wildman–Crippen MR) is 81.8 cm³/mol. The number of aryl methyl sites for hydroxylation is 1. The number of sulfonamides is 1. The monoisotopic (exact) mass is 324 g/mol. The van der Waals surface area contributed by atoms with Gasteiger partial charge in [0, 0.05) is 29.9 Å². The molecule has 8 heteroatoms. The molecule has 2 aromatic heterocycles. The summed E-state index contributed by atoms with van der Waals surface area (Å²) in [6, 6.07) is 3.92. The van der Waals surface area contributed by atoms with E-state index in [-0.39, 0.29) is 5.03 Å². The van der Waals surface area contributed by atoms with Gasteiger partial charge >= 0.3 is 0 Å². The van der Waals surface area contributed by atoms with Gasteiger partial charge < -0.3 is 5.32 Å². The summed E-state index contributed by atoms with van der Waals surface area (Å²) in [6.07, 6.45) is 5.66. The topological polar surface area (TPSA) is 84.0 Å². The van der Waals surface area contributed by atoms with E-state index in [1.54, 1.807) is 18.5 Å². The van der Waals surface area contributed by atoms with Gasteiger partial charge in [-0.05, 0) is 31.4 Å². The van der Waals surface area contributed by atoms with Crippen molar-refractivity contribution in [3.8, 4) is 0 Å². The molecular weight excluding hydrogens is 308 g/mol. The first-order chi connectivity index (χ1) is 10.0. The fraction of sp³-hybridized carbons (Fsp3) is 0.385. The standard InChI is InChI=1S/C13H16N4O2S2/c1-9-6-16-13(20-9)17-21(18,19)12-5-2-10(8-15-12)7-14-11-3-4-11/h2,5-6,8,11,14H,3-4,7H2,1H3,(H,16,17). The van der Waals surface area contributed by atoms with E-state index in [4.69, 9.17) is 0 Å². The third-order valence-electron chi connectivity index (χ3n) is 3.09. The molecule has 6 nitrogen and oxygen atoms in total. The Kier molecular flexibility index (Phi) is 3.92. The Balaban J connectivity index is 1.69. The second-order valence-corrected chi connectivity index (χ2v) is 7.91. The Hall–Kier alpha value is -1.51. The van der Waals surface area contributed by atoms with Gasteiger partial charge in [-0.25, -0.2) is 9.97 Å². The Morgan fingerprint density at radius 1 is 1.29 bits per heavy atom. The zero-order valence-corrected chi connectivity index (χ0v) is 13.2. The van der Waals surface area contributed by atoms with E-state index in [0.717, 1.165) is 17.0 Å². The third-order valence-corrected chi connectivity index (χ3v) is 5.30. The summed E-state index contributed by atoms with van der Waals surface area (Å²) < 4.78 is 26.8. The lowest BCUT2D eigenvalue weighted by Crippen LogP contribution is -2.17. The lowest BCUT2D eigenvalue weighted by atomic mass is 10.3. The number of aromatic nitrogens is 2. The summed E-state index contributed by atoms with van der Waals surface area (Å²) in [5.41, 5.74) is 0.978. The first-order valence-corrected chi connectivity index (χ1v) is 8.96. The molecule has 1 aliphatic rings. The lowest BCUT2D eigenvalue weighted by molar-refractivity contribution is 0.597. The van der Waals surface area contributed by atoms with Crippen LogP contribution in [0.15, 0.2) is 29.6 Å². The highest BCUT2D eigenvalue weighted by molar-refractivity contribution is 7.92. The first kappa shape index (κ1) is 14.4. The fourth-order valence-electron chi connectivity index (χ4n) is 1.79. The van der Waals surface area contributed by atoms with Crippen molar-refractivity contribution in [1.82, 2.24) is 15.3 Å². The van der Waals surface area contributed by atoms with Crippen LogP contribution in [0, 0.1) is 6.92 Å². The molecule has 0 spiro atoms. The van der Waals surface area contributed by atoms with Crippen LogP contribution in [0.4, 0.5) is 5.13 Å². The average Bonchev–Trinajstić information content (AvgIpc) is 3.20. The molecule has 0 bridgehead atoms. The van der Waals surface area contributed by atoms with E-state index in [9.17, 15) is 8.42 Å². The van der Waals surface area contributed by atoms with Gasteiger partial charge in [-0.15, -0.1) is 11.3 Å². The summed E-state index contributed by atoms with van der Waals surface area (Å²) in [4.78, 5) is 8.97. The maximum absolute atomic E-state index is 12.2. The van der Waals surface area contributed by atoms with Gasteiger partial charge in [-0.3, -0.25) is 4.72 Å². The molecule has 21 heavy (non-hydrogen) atoms. The van der Waals surface area contributed by atoms with Gasteiger partial charge in [-0.2, -0.15) is 8.42 Å². The van der Waals surface area contributed by atoms with Gasteiger partial charge in [0.2, 0.25) is 0 Å². The van der Waals surface area contributed by atoms with E-state index in [1.807, 2.05) is 6.92 Å². The van der Waals surface area contributed by atoms with E-state index >= 15 is 0 Å². The van der Waals surface area contributed by atoms with Crippen molar-refractivity contribution in [2.24, 2.45) is 0 Å². The van der Waals surface area contributed by atoms with Crippen LogP contribution >= 0.6 is 11.3 Å². The number of nitrogens with zero attached hydrogens (tertiary/aromatic N) is 2. The van der Waals surface area contributed by atoms with Gasteiger partial charge in [0.15, 0.2) is 10.2 Å². The van der Waals surface area contributed by atoms with Crippen LogP contribution in [-0.2, 0) is 16.6 Å². The van der Waals surface area contributed by atoms with Gasteiger partial charge in [0.05, 0.1) is 0 Å². The Labute approximate surface area is 127 Å². The molecular formula is C13H16N4O2S2. The molecule has 1 fully saturated rings. The van der Waals surface area contributed by atoms with Crippen molar-refractivity contribution >= 4 is 26.5 Å². The molecule has 0 aliphatic heterocycles. The maximum atomic E-state index is 12.2. The number of pyridine rings is 1. The molecule has 0 aromatic carbocycles. The molecule has 2 heterocycles. The summed E-state index contributed by atoms with van der Waals surface area (Å²) in [7, 11) is -3.67. The van der Waals surface area contributed by atoms with Crippen LogP contribution in [0.25, 0.3) is 0 Å². The van der Waals surface area contributed by atoms with Gasteiger partial charge in [0.25, 0.3) is 10.0 Å². The molecule has 0 saturated heterocycles. The SMILES string of the molecule is Cc1cnc(NS(=O)(=O)c2ccc(CNC3CC3)cn2)s1. The average molecular weight is 324 g/mol. The zero-order chi connectivity index (χ0) is 14.9.